The standard InChI is InChI=1S/C19H21N5O3S/c1-12-15(16-20-9-10-24(16)3)28-18(21-12)23-17(25)13(2)22-19(26)27-11-14-7-5-4-6-8-14/h4-10,13H,11H2,1-3H3,(H,22,26)(H,21,23,25)/t13-/m0/s1. The molecule has 2 amide bonds. The van der Waals surface area contributed by atoms with E-state index in [0.29, 0.717) is 5.13 Å². The Labute approximate surface area is 166 Å². The first-order valence-corrected chi connectivity index (χ1v) is 9.49. The van der Waals surface area contributed by atoms with E-state index < -0.39 is 12.1 Å². The third-order valence-corrected chi connectivity index (χ3v) is 5.06. The van der Waals surface area contributed by atoms with Crippen molar-refractivity contribution in [1.29, 1.82) is 0 Å². The molecule has 0 aliphatic heterocycles. The fourth-order valence-electron chi connectivity index (χ4n) is 2.46. The van der Waals surface area contributed by atoms with E-state index in [4.69, 9.17) is 4.74 Å². The van der Waals surface area contributed by atoms with Crippen LogP contribution in [0.5, 0.6) is 0 Å². The summed E-state index contributed by atoms with van der Waals surface area (Å²) < 4.78 is 7.02. The lowest BCUT2D eigenvalue weighted by Crippen LogP contribution is -2.41. The Morgan fingerprint density at radius 1 is 1.29 bits per heavy atom. The maximum Gasteiger partial charge on any atom is 0.408 e. The number of aryl methyl sites for hydroxylation is 2. The minimum Gasteiger partial charge on any atom is -0.445 e. The number of amides is 2. The highest BCUT2D eigenvalue weighted by molar-refractivity contribution is 7.19. The fraction of sp³-hybridized carbons (Fsp3) is 0.263. The van der Waals surface area contributed by atoms with Gasteiger partial charge in [0.25, 0.3) is 0 Å². The summed E-state index contributed by atoms with van der Waals surface area (Å²) >= 11 is 1.33. The zero-order valence-electron chi connectivity index (χ0n) is 15.8. The molecule has 0 radical (unpaired) electrons. The first-order valence-electron chi connectivity index (χ1n) is 8.67. The summed E-state index contributed by atoms with van der Waals surface area (Å²) in [5.41, 5.74) is 1.65. The number of hydrogen-bond donors (Lipinski definition) is 2. The van der Waals surface area contributed by atoms with Crippen molar-refractivity contribution in [2.24, 2.45) is 7.05 Å². The predicted octanol–water partition coefficient (Wildman–Crippen LogP) is 3.11. The number of aromatic nitrogens is 3. The molecule has 3 rings (SSSR count). The summed E-state index contributed by atoms with van der Waals surface area (Å²) in [6.45, 7) is 3.58. The minimum atomic E-state index is -0.774. The molecule has 9 heteroatoms. The van der Waals surface area contributed by atoms with E-state index in [1.165, 1.54) is 11.3 Å². The van der Waals surface area contributed by atoms with E-state index in [9.17, 15) is 9.59 Å². The predicted molar refractivity (Wildman–Crippen MR) is 107 cm³/mol. The molecule has 0 saturated heterocycles. The highest BCUT2D eigenvalue weighted by Gasteiger charge is 2.20. The summed E-state index contributed by atoms with van der Waals surface area (Å²) in [5.74, 6) is 0.406. The average Bonchev–Trinajstić information content (AvgIpc) is 3.25. The van der Waals surface area contributed by atoms with Gasteiger partial charge in [-0.1, -0.05) is 41.7 Å². The van der Waals surface area contributed by atoms with Crippen LogP contribution in [0.15, 0.2) is 42.7 Å². The van der Waals surface area contributed by atoms with Gasteiger partial charge in [0.05, 0.1) is 10.6 Å². The Morgan fingerprint density at radius 3 is 2.71 bits per heavy atom. The lowest BCUT2D eigenvalue weighted by Gasteiger charge is -2.13. The molecule has 8 nitrogen and oxygen atoms in total. The lowest BCUT2D eigenvalue weighted by atomic mass is 10.2. The molecule has 0 spiro atoms. The number of carbonyl (C=O) groups is 2. The Bertz CT molecular complexity index is 967. The zero-order chi connectivity index (χ0) is 20.1. The van der Waals surface area contributed by atoms with Gasteiger partial charge in [-0.3, -0.25) is 4.79 Å². The number of carbonyl (C=O) groups excluding carboxylic acids is 2. The zero-order valence-corrected chi connectivity index (χ0v) is 16.6. The van der Waals surface area contributed by atoms with Crippen LogP contribution in [0.3, 0.4) is 0 Å². The summed E-state index contributed by atoms with van der Waals surface area (Å²) in [4.78, 5) is 33.8. The molecule has 2 N–H and O–H groups in total. The molecule has 3 aromatic rings. The molecule has 146 valence electrons. The van der Waals surface area contributed by atoms with Crippen molar-refractivity contribution in [2.45, 2.75) is 26.5 Å². The molecule has 2 aromatic heterocycles. The van der Waals surface area contributed by atoms with Gasteiger partial charge in [0.1, 0.15) is 12.6 Å². The van der Waals surface area contributed by atoms with Crippen LogP contribution in [-0.4, -0.2) is 32.6 Å². The van der Waals surface area contributed by atoms with Crippen LogP contribution in [0.2, 0.25) is 0 Å². The van der Waals surface area contributed by atoms with Crippen molar-refractivity contribution >= 4 is 28.5 Å². The van der Waals surface area contributed by atoms with Crippen molar-refractivity contribution in [1.82, 2.24) is 19.9 Å². The number of thiazole rings is 1. The Morgan fingerprint density at radius 2 is 2.04 bits per heavy atom. The van der Waals surface area contributed by atoms with Gasteiger partial charge in [0, 0.05) is 19.4 Å². The first-order chi connectivity index (χ1) is 13.4. The number of alkyl carbamates (subject to hydrolysis) is 1. The van der Waals surface area contributed by atoms with E-state index in [2.05, 4.69) is 20.6 Å². The van der Waals surface area contributed by atoms with Crippen LogP contribution >= 0.6 is 11.3 Å². The monoisotopic (exact) mass is 399 g/mol. The second-order valence-electron chi connectivity index (χ2n) is 6.21. The summed E-state index contributed by atoms with van der Waals surface area (Å²) in [6, 6.07) is 8.55. The van der Waals surface area contributed by atoms with Crippen molar-refractivity contribution in [3.05, 3.63) is 54.0 Å². The number of rotatable bonds is 6. The highest BCUT2D eigenvalue weighted by Crippen LogP contribution is 2.31. The number of nitrogens with one attached hydrogen (secondary N) is 2. The van der Waals surface area contributed by atoms with Crippen LogP contribution in [-0.2, 0) is 23.2 Å². The average molecular weight is 399 g/mol. The molecule has 0 unspecified atom stereocenters. The Balaban J connectivity index is 1.54. The maximum absolute atomic E-state index is 12.4. The number of anilines is 1. The van der Waals surface area contributed by atoms with E-state index in [-0.39, 0.29) is 12.5 Å². The quantitative estimate of drug-likeness (QED) is 0.664. The number of ether oxygens (including phenoxy) is 1. The third kappa shape index (κ3) is 4.74. The molecule has 2 heterocycles. The van der Waals surface area contributed by atoms with Gasteiger partial charge in [-0.25, -0.2) is 14.8 Å². The molecule has 1 atom stereocenters. The van der Waals surface area contributed by atoms with E-state index >= 15 is 0 Å². The third-order valence-electron chi connectivity index (χ3n) is 3.99. The van der Waals surface area contributed by atoms with E-state index in [1.54, 1.807) is 13.1 Å². The van der Waals surface area contributed by atoms with Crippen LogP contribution in [0.1, 0.15) is 18.2 Å². The van der Waals surface area contributed by atoms with Crippen LogP contribution in [0.4, 0.5) is 9.93 Å². The Kier molecular flexibility index (Phi) is 6.05. The van der Waals surface area contributed by atoms with Crippen LogP contribution in [0, 0.1) is 6.92 Å². The summed E-state index contributed by atoms with van der Waals surface area (Å²) in [7, 11) is 1.90. The molecule has 0 fully saturated rings. The largest absolute Gasteiger partial charge is 0.445 e. The smallest absolute Gasteiger partial charge is 0.408 e. The Hall–Kier alpha value is -3.20. The minimum absolute atomic E-state index is 0.139. The first kappa shape index (κ1) is 19.6. The van der Waals surface area contributed by atoms with Gasteiger partial charge in [-0.15, -0.1) is 0 Å². The maximum atomic E-state index is 12.4. The van der Waals surface area contributed by atoms with Gasteiger partial charge in [0.2, 0.25) is 5.91 Å². The van der Waals surface area contributed by atoms with Crippen molar-refractivity contribution in [3.8, 4) is 10.7 Å². The van der Waals surface area contributed by atoms with Gasteiger partial charge >= 0.3 is 6.09 Å². The van der Waals surface area contributed by atoms with Gasteiger partial charge < -0.3 is 19.9 Å². The van der Waals surface area contributed by atoms with Crippen LogP contribution in [0.25, 0.3) is 10.7 Å². The molecule has 1 aromatic carbocycles. The van der Waals surface area contributed by atoms with Crippen molar-refractivity contribution in [3.63, 3.8) is 0 Å². The number of nitrogens with zero attached hydrogens (tertiary/aromatic N) is 3. The van der Waals surface area contributed by atoms with E-state index in [0.717, 1.165) is 22.0 Å². The molecule has 0 aliphatic rings. The second-order valence-corrected chi connectivity index (χ2v) is 7.21. The molecular weight excluding hydrogens is 378 g/mol. The van der Waals surface area contributed by atoms with Crippen LogP contribution < -0.4 is 10.6 Å². The van der Waals surface area contributed by atoms with Gasteiger partial charge in [0.15, 0.2) is 11.0 Å². The molecule has 0 aliphatic carbocycles. The second kappa shape index (κ2) is 8.66. The number of hydrogen-bond acceptors (Lipinski definition) is 6. The number of imidazole rings is 1. The fourth-order valence-corrected chi connectivity index (χ4v) is 3.47. The summed E-state index contributed by atoms with van der Waals surface area (Å²) in [5, 5.41) is 5.69. The normalized spacial score (nSPS) is 11.7. The highest BCUT2D eigenvalue weighted by atomic mass is 32.1. The molecule has 28 heavy (non-hydrogen) atoms. The van der Waals surface area contributed by atoms with E-state index in [1.807, 2.05) is 55.1 Å². The van der Waals surface area contributed by atoms with Crippen molar-refractivity contribution < 1.29 is 14.3 Å². The van der Waals surface area contributed by atoms with Gasteiger partial charge in [-0.05, 0) is 19.4 Å². The van der Waals surface area contributed by atoms with Crippen molar-refractivity contribution in [2.75, 3.05) is 5.32 Å². The topological polar surface area (TPSA) is 98.1 Å². The lowest BCUT2D eigenvalue weighted by molar-refractivity contribution is -0.117. The molecular formula is C19H21N5O3S. The summed E-state index contributed by atoms with van der Waals surface area (Å²) in [6.07, 6.45) is 2.90. The SMILES string of the molecule is Cc1nc(NC(=O)[C@H](C)NC(=O)OCc2ccccc2)sc1-c1nccn1C. The van der Waals surface area contributed by atoms with Gasteiger partial charge in [-0.2, -0.15) is 0 Å². The molecule has 0 bridgehead atoms. The molecule has 0 saturated carbocycles. The number of benzene rings is 1.